The van der Waals surface area contributed by atoms with Crippen molar-refractivity contribution in [3.63, 3.8) is 0 Å². The van der Waals surface area contributed by atoms with E-state index in [2.05, 4.69) is 15.2 Å². The molecular weight excluding hydrogens is 232 g/mol. The first-order chi connectivity index (χ1) is 8.72. The molecule has 0 aliphatic carbocycles. The first-order valence-electron chi connectivity index (χ1n) is 6.34. The lowest BCUT2D eigenvalue weighted by Gasteiger charge is -2.25. The smallest absolute Gasteiger partial charge is 0.287 e. The van der Waals surface area contributed by atoms with Gasteiger partial charge in [0.2, 0.25) is 0 Å². The molecule has 2 aliphatic heterocycles. The van der Waals surface area contributed by atoms with E-state index in [1.807, 2.05) is 0 Å². The topological polar surface area (TPSA) is 71.3 Å². The van der Waals surface area contributed by atoms with Gasteiger partial charge in [-0.2, -0.15) is 0 Å². The third-order valence-corrected chi connectivity index (χ3v) is 3.79. The number of aromatic nitrogens is 1. The summed E-state index contributed by atoms with van der Waals surface area (Å²) in [5.41, 5.74) is 0.0493. The number of rotatable bonds is 2. The van der Waals surface area contributed by atoms with Crippen LogP contribution in [-0.4, -0.2) is 35.1 Å². The molecule has 3 heterocycles. The van der Waals surface area contributed by atoms with Crippen molar-refractivity contribution in [2.24, 2.45) is 0 Å². The molecule has 2 bridgehead atoms. The number of hydrogen-bond acceptors (Lipinski definition) is 5. The van der Waals surface area contributed by atoms with Gasteiger partial charge in [-0.05, 0) is 25.3 Å². The minimum Gasteiger partial charge on any atom is -0.355 e. The average molecular weight is 248 g/mol. The number of nitrogens with zero attached hydrogens (tertiary/aromatic N) is 3. The van der Waals surface area contributed by atoms with E-state index in [1.54, 1.807) is 6.07 Å². The lowest BCUT2D eigenvalue weighted by molar-refractivity contribution is -0.385. The predicted molar refractivity (Wildman–Crippen MR) is 67.7 cm³/mol. The Morgan fingerprint density at radius 1 is 1.33 bits per heavy atom. The third-order valence-electron chi connectivity index (χ3n) is 3.79. The van der Waals surface area contributed by atoms with Crippen molar-refractivity contribution in [1.82, 2.24) is 10.3 Å². The van der Waals surface area contributed by atoms with Crippen LogP contribution in [0.2, 0.25) is 0 Å². The molecule has 2 atom stereocenters. The van der Waals surface area contributed by atoms with Gasteiger partial charge in [0, 0.05) is 31.2 Å². The molecule has 2 unspecified atom stereocenters. The minimum atomic E-state index is -0.414. The van der Waals surface area contributed by atoms with Crippen LogP contribution < -0.4 is 10.2 Å². The van der Waals surface area contributed by atoms with Gasteiger partial charge in [-0.1, -0.05) is 0 Å². The van der Waals surface area contributed by atoms with Crippen molar-refractivity contribution in [1.29, 1.82) is 0 Å². The van der Waals surface area contributed by atoms with Crippen LogP contribution in [0.25, 0.3) is 0 Å². The molecule has 2 aliphatic rings. The van der Waals surface area contributed by atoms with E-state index < -0.39 is 4.92 Å². The quantitative estimate of drug-likeness (QED) is 0.631. The molecule has 0 saturated carbocycles. The fourth-order valence-corrected chi connectivity index (χ4v) is 2.82. The van der Waals surface area contributed by atoms with E-state index in [9.17, 15) is 10.1 Å². The molecule has 1 aromatic rings. The van der Waals surface area contributed by atoms with Gasteiger partial charge in [0.1, 0.15) is 12.0 Å². The van der Waals surface area contributed by atoms with Crippen LogP contribution in [0.5, 0.6) is 0 Å². The van der Waals surface area contributed by atoms with Gasteiger partial charge in [0.15, 0.2) is 0 Å². The van der Waals surface area contributed by atoms with Crippen LogP contribution >= 0.6 is 0 Å². The third kappa shape index (κ3) is 2.15. The second kappa shape index (κ2) is 4.53. The molecule has 1 aromatic heterocycles. The molecule has 2 fully saturated rings. The first-order valence-corrected chi connectivity index (χ1v) is 6.34. The van der Waals surface area contributed by atoms with Gasteiger partial charge >= 0.3 is 0 Å². The van der Waals surface area contributed by atoms with E-state index in [4.69, 9.17) is 0 Å². The van der Waals surface area contributed by atoms with Crippen LogP contribution in [0, 0.1) is 10.1 Å². The summed E-state index contributed by atoms with van der Waals surface area (Å²) in [7, 11) is 0. The molecule has 18 heavy (non-hydrogen) atoms. The van der Waals surface area contributed by atoms with Crippen LogP contribution in [0.15, 0.2) is 18.3 Å². The summed E-state index contributed by atoms with van der Waals surface area (Å²) in [6, 6.07) is 4.45. The van der Waals surface area contributed by atoms with Gasteiger partial charge in [0.05, 0.1) is 4.92 Å². The highest BCUT2D eigenvalue weighted by molar-refractivity contribution is 5.43. The van der Waals surface area contributed by atoms with Gasteiger partial charge in [-0.3, -0.25) is 10.1 Å². The van der Waals surface area contributed by atoms with Gasteiger partial charge in [-0.25, -0.2) is 4.98 Å². The Balaban J connectivity index is 1.75. The second-order valence-electron chi connectivity index (χ2n) is 5.00. The van der Waals surface area contributed by atoms with Crippen molar-refractivity contribution in [3.05, 3.63) is 28.4 Å². The van der Waals surface area contributed by atoms with Crippen molar-refractivity contribution < 1.29 is 4.92 Å². The summed E-state index contributed by atoms with van der Waals surface area (Å²) < 4.78 is 0. The van der Waals surface area contributed by atoms with Crippen molar-refractivity contribution in [2.45, 2.75) is 31.3 Å². The number of pyridine rings is 1. The second-order valence-corrected chi connectivity index (χ2v) is 5.00. The van der Waals surface area contributed by atoms with Gasteiger partial charge in [-0.15, -0.1) is 0 Å². The minimum absolute atomic E-state index is 0.0493. The Hall–Kier alpha value is -1.69. The highest BCUT2D eigenvalue weighted by Gasteiger charge is 2.29. The number of anilines is 1. The standard InChI is InChI=1S/C12H16N4O2/c17-16(18)11-3-4-12(13-7-11)15-6-5-9-1-2-10(8-15)14-9/h3-4,7,9-10,14H,1-2,5-6,8H2. The molecule has 6 nitrogen and oxygen atoms in total. The summed E-state index contributed by atoms with van der Waals surface area (Å²) in [5, 5.41) is 14.2. The molecule has 2 saturated heterocycles. The Morgan fingerprint density at radius 3 is 2.89 bits per heavy atom. The van der Waals surface area contributed by atoms with Crippen LogP contribution in [0.1, 0.15) is 19.3 Å². The zero-order valence-corrected chi connectivity index (χ0v) is 10.1. The van der Waals surface area contributed by atoms with Crippen molar-refractivity contribution >= 4 is 11.5 Å². The molecule has 0 spiro atoms. The summed E-state index contributed by atoms with van der Waals surface area (Å²) in [6.07, 6.45) is 4.95. The summed E-state index contributed by atoms with van der Waals surface area (Å²) in [6.45, 7) is 1.92. The Kier molecular flexibility index (Phi) is 2.87. The molecular formula is C12H16N4O2. The number of hydrogen-bond donors (Lipinski definition) is 1. The zero-order valence-electron chi connectivity index (χ0n) is 10.1. The Morgan fingerprint density at radius 2 is 2.17 bits per heavy atom. The summed E-state index contributed by atoms with van der Waals surface area (Å²) >= 11 is 0. The lowest BCUT2D eigenvalue weighted by Crippen LogP contribution is -2.35. The molecule has 0 radical (unpaired) electrons. The predicted octanol–water partition coefficient (Wildman–Crippen LogP) is 1.32. The highest BCUT2D eigenvalue weighted by atomic mass is 16.6. The maximum atomic E-state index is 10.6. The number of nitrogens with one attached hydrogen (secondary N) is 1. The van der Waals surface area contributed by atoms with E-state index in [0.717, 1.165) is 25.3 Å². The van der Waals surface area contributed by atoms with Crippen molar-refractivity contribution in [3.8, 4) is 0 Å². The van der Waals surface area contributed by atoms with Crippen LogP contribution in [0.3, 0.4) is 0 Å². The van der Waals surface area contributed by atoms with E-state index in [1.165, 1.54) is 25.1 Å². The Bertz CT molecular complexity index is 448. The molecule has 0 amide bonds. The van der Waals surface area contributed by atoms with E-state index in [0.29, 0.717) is 12.1 Å². The van der Waals surface area contributed by atoms with Crippen LogP contribution in [0.4, 0.5) is 11.5 Å². The van der Waals surface area contributed by atoms with Gasteiger partial charge < -0.3 is 10.2 Å². The normalized spacial score (nSPS) is 27.0. The summed E-state index contributed by atoms with van der Waals surface area (Å²) in [4.78, 5) is 16.6. The molecule has 1 N–H and O–H groups in total. The fourth-order valence-electron chi connectivity index (χ4n) is 2.82. The molecule has 0 aromatic carbocycles. The van der Waals surface area contributed by atoms with Crippen molar-refractivity contribution in [2.75, 3.05) is 18.0 Å². The average Bonchev–Trinajstić information content (AvgIpc) is 2.69. The maximum Gasteiger partial charge on any atom is 0.287 e. The lowest BCUT2D eigenvalue weighted by atomic mass is 10.1. The maximum absolute atomic E-state index is 10.6. The monoisotopic (exact) mass is 248 g/mol. The van der Waals surface area contributed by atoms with Crippen LogP contribution in [-0.2, 0) is 0 Å². The Labute approximate surface area is 105 Å². The number of fused-ring (bicyclic) bond motifs is 2. The van der Waals surface area contributed by atoms with E-state index >= 15 is 0 Å². The van der Waals surface area contributed by atoms with E-state index in [-0.39, 0.29) is 5.69 Å². The zero-order chi connectivity index (χ0) is 12.5. The highest BCUT2D eigenvalue weighted by Crippen LogP contribution is 2.24. The first kappa shape index (κ1) is 11.4. The van der Waals surface area contributed by atoms with Gasteiger partial charge in [0.25, 0.3) is 5.69 Å². The SMILES string of the molecule is O=[N+]([O-])c1ccc(N2CCC3CCC(C2)N3)nc1. The summed E-state index contributed by atoms with van der Waals surface area (Å²) in [5.74, 6) is 0.843. The fraction of sp³-hybridized carbons (Fsp3) is 0.583. The largest absolute Gasteiger partial charge is 0.355 e. The number of nitro groups is 1. The molecule has 96 valence electrons. The molecule has 3 rings (SSSR count). The molecule has 6 heteroatoms.